The summed E-state index contributed by atoms with van der Waals surface area (Å²) in [6, 6.07) is 4.77. The Balaban J connectivity index is 1.39. The Kier molecular flexibility index (Phi) is 8.41. The molecule has 1 aliphatic carbocycles. The predicted molar refractivity (Wildman–Crippen MR) is 138 cm³/mol. The maximum Gasteiger partial charge on any atom is 0.326 e. The molecule has 0 unspecified atom stereocenters. The van der Waals surface area contributed by atoms with Gasteiger partial charge in [-0.05, 0) is 68.9 Å². The van der Waals surface area contributed by atoms with Crippen LogP contribution in [-0.2, 0) is 29.0 Å². The highest BCUT2D eigenvalue weighted by Gasteiger charge is 2.33. The quantitative estimate of drug-likeness (QED) is 0.392. The van der Waals surface area contributed by atoms with Gasteiger partial charge < -0.3 is 19.2 Å². The number of allylic oxidation sites excluding steroid dienone is 4. The number of carboxylic acid groups (broad SMARTS) is 1. The smallest absolute Gasteiger partial charge is 0.326 e. The highest BCUT2D eigenvalue weighted by molar-refractivity contribution is 5.92. The van der Waals surface area contributed by atoms with Crippen molar-refractivity contribution in [1.82, 2.24) is 9.88 Å². The lowest BCUT2D eigenvalue weighted by molar-refractivity contribution is -0.149. The predicted octanol–water partition coefficient (Wildman–Crippen LogP) is 5.42. The maximum atomic E-state index is 12.7. The third-order valence-electron chi connectivity index (χ3n) is 6.76. The van der Waals surface area contributed by atoms with E-state index >= 15 is 0 Å². The van der Waals surface area contributed by atoms with Crippen molar-refractivity contribution in [1.29, 1.82) is 0 Å². The van der Waals surface area contributed by atoms with Gasteiger partial charge in [-0.15, -0.1) is 0 Å². The van der Waals surface area contributed by atoms with E-state index in [1.54, 1.807) is 12.2 Å². The van der Waals surface area contributed by atoms with Gasteiger partial charge in [0.1, 0.15) is 17.6 Å². The minimum absolute atomic E-state index is 0.225. The fourth-order valence-electron chi connectivity index (χ4n) is 4.78. The number of nitrogens with zero attached hydrogens (tertiary/aromatic N) is 2. The highest BCUT2D eigenvalue weighted by atomic mass is 16.5. The Hall–Kier alpha value is -3.61. The van der Waals surface area contributed by atoms with E-state index in [0.717, 1.165) is 35.4 Å². The molecule has 1 aliphatic heterocycles. The normalized spacial score (nSPS) is 18.0. The molecule has 1 aromatic heterocycles. The molecular weight excluding hydrogens is 456 g/mol. The number of carbonyl (C=O) groups is 2. The van der Waals surface area contributed by atoms with Crippen LogP contribution in [0.4, 0.5) is 0 Å². The number of aromatic nitrogens is 1. The molecule has 1 amide bonds. The van der Waals surface area contributed by atoms with Crippen LogP contribution in [0.15, 0.2) is 52.5 Å². The van der Waals surface area contributed by atoms with E-state index < -0.39 is 12.0 Å². The molecule has 1 aromatic carbocycles. The van der Waals surface area contributed by atoms with Gasteiger partial charge in [0.2, 0.25) is 11.8 Å². The topological polar surface area (TPSA) is 92.9 Å². The van der Waals surface area contributed by atoms with Gasteiger partial charge in [0.25, 0.3) is 0 Å². The van der Waals surface area contributed by atoms with Crippen molar-refractivity contribution in [3.63, 3.8) is 0 Å². The van der Waals surface area contributed by atoms with E-state index in [4.69, 9.17) is 9.15 Å². The molecule has 7 nitrogen and oxygen atoms in total. The summed E-state index contributed by atoms with van der Waals surface area (Å²) in [6.45, 7) is 4.45. The first kappa shape index (κ1) is 25.5. The molecule has 2 heterocycles. The Morgan fingerprint density at radius 3 is 2.75 bits per heavy atom. The van der Waals surface area contributed by atoms with Gasteiger partial charge in [-0.2, -0.15) is 0 Å². The largest absolute Gasteiger partial charge is 0.493 e. The van der Waals surface area contributed by atoms with Crippen LogP contribution in [-0.4, -0.2) is 39.5 Å². The summed E-state index contributed by atoms with van der Waals surface area (Å²) in [7, 11) is 0. The van der Waals surface area contributed by atoms with Gasteiger partial charge in [-0.1, -0.05) is 36.3 Å². The number of fused-ring (bicyclic) bond motifs is 1. The van der Waals surface area contributed by atoms with Crippen molar-refractivity contribution in [2.45, 2.75) is 71.4 Å². The molecule has 1 N–H and O–H groups in total. The number of benzene rings is 1. The number of ether oxygens (including phenoxy) is 1. The van der Waals surface area contributed by atoms with Gasteiger partial charge in [0, 0.05) is 25.5 Å². The van der Waals surface area contributed by atoms with Crippen molar-refractivity contribution in [3.8, 4) is 5.75 Å². The van der Waals surface area contributed by atoms with Crippen LogP contribution in [0, 0.1) is 6.92 Å². The van der Waals surface area contributed by atoms with Crippen molar-refractivity contribution < 1.29 is 23.8 Å². The summed E-state index contributed by atoms with van der Waals surface area (Å²) in [5, 5.41) is 9.68. The van der Waals surface area contributed by atoms with E-state index in [0.29, 0.717) is 24.7 Å². The molecule has 0 radical (unpaired) electrons. The number of amides is 1. The van der Waals surface area contributed by atoms with Crippen molar-refractivity contribution >= 4 is 18.0 Å². The molecule has 0 bridgehead atoms. The number of rotatable bonds is 8. The Morgan fingerprint density at radius 2 is 2.00 bits per heavy atom. The SMILES string of the molecule is C/C=C/C=C/C(=O)N1Cc2cc(OCCc3nc(C=C4CCCCC4)oc3C)ccc2C[C@H]1C(=O)O. The number of hydrogen-bond donors (Lipinski definition) is 1. The molecule has 1 atom stereocenters. The maximum absolute atomic E-state index is 12.7. The van der Waals surface area contributed by atoms with Crippen molar-refractivity contribution in [2.75, 3.05) is 6.61 Å². The summed E-state index contributed by atoms with van der Waals surface area (Å²) in [5.41, 5.74) is 4.12. The summed E-state index contributed by atoms with van der Waals surface area (Å²) in [4.78, 5) is 30.5. The molecule has 36 heavy (non-hydrogen) atoms. The fourth-order valence-corrected chi connectivity index (χ4v) is 4.78. The minimum Gasteiger partial charge on any atom is -0.493 e. The summed E-state index contributed by atoms with van der Waals surface area (Å²) in [5.74, 6) is 0.847. The average Bonchev–Trinajstić information content (AvgIpc) is 3.22. The van der Waals surface area contributed by atoms with Crippen LogP contribution in [0.25, 0.3) is 6.08 Å². The molecule has 7 heteroatoms. The number of hydrogen-bond acceptors (Lipinski definition) is 5. The van der Waals surface area contributed by atoms with Crippen LogP contribution in [0.3, 0.4) is 0 Å². The van der Waals surface area contributed by atoms with Crippen LogP contribution in [0.1, 0.15) is 67.5 Å². The van der Waals surface area contributed by atoms with Gasteiger partial charge in [-0.3, -0.25) is 4.79 Å². The van der Waals surface area contributed by atoms with Gasteiger partial charge in [-0.25, -0.2) is 9.78 Å². The second-order valence-corrected chi connectivity index (χ2v) is 9.36. The van der Waals surface area contributed by atoms with Gasteiger partial charge in [0.15, 0.2) is 0 Å². The zero-order valence-electron chi connectivity index (χ0n) is 21.0. The standard InChI is InChI=1S/C29H34N2O5/c1-3-4-6-11-28(32)31-19-23-17-24(13-12-22(23)18-26(31)29(33)34)35-15-14-25-20(2)36-27(30-25)16-21-9-7-5-8-10-21/h3-4,6,11-13,16-17,26H,5,7-10,14-15,18-19H2,1-2H3,(H,33,34)/b4-3+,11-6+/t26-/m0/s1. The fraction of sp³-hybridized carbons (Fsp3) is 0.414. The third-order valence-corrected chi connectivity index (χ3v) is 6.76. The Bertz CT molecular complexity index is 1180. The molecule has 2 aromatic rings. The minimum atomic E-state index is -1.00. The lowest BCUT2D eigenvalue weighted by Gasteiger charge is -2.34. The van der Waals surface area contributed by atoms with Crippen LogP contribution < -0.4 is 4.74 Å². The number of aryl methyl sites for hydroxylation is 1. The number of carboxylic acids is 1. The highest BCUT2D eigenvalue weighted by Crippen LogP contribution is 2.28. The first-order valence-electron chi connectivity index (χ1n) is 12.7. The van der Waals surface area contributed by atoms with E-state index in [9.17, 15) is 14.7 Å². The monoisotopic (exact) mass is 490 g/mol. The molecule has 2 aliphatic rings. The lowest BCUT2D eigenvalue weighted by atomic mass is 9.93. The summed E-state index contributed by atoms with van der Waals surface area (Å²) in [6.07, 6.45) is 15.6. The molecule has 4 rings (SSSR count). The number of aliphatic carboxylic acids is 1. The second kappa shape index (κ2) is 11.9. The Morgan fingerprint density at radius 1 is 1.19 bits per heavy atom. The van der Waals surface area contributed by atoms with Crippen molar-refractivity contribution in [3.05, 3.63) is 76.5 Å². The van der Waals surface area contributed by atoms with Crippen LogP contribution in [0.2, 0.25) is 0 Å². The van der Waals surface area contributed by atoms with E-state index in [-0.39, 0.29) is 18.9 Å². The molecule has 0 spiro atoms. The number of oxazole rings is 1. The van der Waals surface area contributed by atoms with E-state index in [1.165, 1.54) is 35.8 Å². The zero-order valence-corrected chi connectivity index (χ0v) is 21.0. The zero-order chi connectivity index (χ0) is 25.5. The summed E-state index contributed by atoms with van der Waals surface area (Å²) < 4.78 is 11.9. The second-order valence-electron chi connectivity index (χ2n) is 9.36. The molecule has 190 valence electrons. The Labute approximate surface area is 212 Å². The van der Waals surface area contributed by atoms with Gasteiger partial charge in [0.05, 0.1) is 12.3 Å². The van der Waals surface area contributed by atoms with Crippen LogP contribution >= 0.6 is 0 Å². The van der Waals surface area contributed by atoms with Gasteiger partial charge >= 0.3 is 5.97 Å². The lowest BCUT2D eigenvalue weighted by Crippen LogP contribution is -2.48. The molecule has 1 fully saturated rings. The molecule has 0 saturated heterocycles. The molecular formula is C29H34N2O5. The van der Waals surface area contributed by atoms with E-state index in [1.807, 2.05) is 38.1 Å². The first-order valence-corrected chi connectivity index (χ1v) is 12.7. The number of carbonyl (C=O) groups excluding carboxylic acids is 1. The average molecular weight is 491 g/mol. The summed E-state index contributed by atoms with van der Waals surface area (Å²) >= 11 is 0. The van der Waals surface area contributed by atoms with E-state index in [2.05, 4.69) is 11.1 Å². The first-order chi connectivity index (χ1) is 17.4. The van der Waals surface area contributed by atoms with Crippen molar-refractivity contribution in [2.24, 2.45) is 0 Å². The third kappa shape index (κ3) is 6.33. The molecule has 1 saturated carbocycles. The van der Waals surface area contributed by atoms with Crippen LogP contribution in [0.5, 0.6) is 5.75 Å².